The van der Waals surface area contributed by atoms with E-state index in [0.29, 0.717) is 0 Å². The van der Waals surface area contributed by atoms with Crippen LogP contribution in [0.1, 0.15) is 25.8 Å². The molecule has 2 aliphatic rings. The Bertz CT molecular complexity index is 489. The summed E-state index contributed by atoms with van der Waals surface area (Å²) in [6.45, 7) is 11.6. The predicted molar refractivity (Wildman–Crippen MR) is 89.7 cm³/mol. The van der Waals surface area contributed by atoms with Gasteiger partial charge in [0.2, 0.25) is 0 Å². The maximum atomic E-state index is 14.2. The van der Waals surface area contributed by atoms with Crippen LogP contribution in [0.5, 0.6) is 0 Å². The van der Waals surface area contributed by atoms with Crippen LogP contribution in [0.3, 0.4) is 0 Å². The number of piperidine rings is 1. The molecule has 0 spiro atoms. The number of likely N-dealkylation sites (tertiary alicyclic amines) is 1. The first-order valence-electron chi connectivity index (χ1n) is 8.58. The van der Waals surface area contributed by atoms with Crippen molar-refractivity contribution in [3.8, 4) is 0 Å². The lowest BCUT2D eigenvalue weighted by Crippen LogP contribution is -2.44. The average Bonchev–Trinajstić information content (AvgIpc) is 2.49. The third-order valence-corrected chi connectivity index (χ3v) is 4.82. The van der Waals surface area contributed by atoms with Crippen LogP contribution in [0.4, 0.5) is 10.1 Å². The van der Waals surface area contributed by atoms with E-state index in [1.165, 1.54) is 12.0 Å². The lowest BCUT2D eigenvalue weighted by molar-refractivity contribution is 0.134. The van der Waals surface area contributed by atoms with Crippen LogP contribution in [-0.4, -0.2) is 44.2 Å². The third-order valence-electron chi connectivity index (χ3n) is 4.82. The van der Waals surface area contributed by atoms with Crippen LogP contribution in [-0.2, 0) is 6.54 Å². The molecule has 1 N–H and O–H groups in total. The summed E-state index contributed by atoms with van der Waals surface area (Å²) < 4.78 is 14.2. The highest BCUT2D eigenvalue weighted by atomic mass is 19.1. The smallest absolute Gasteiger partial charge is 0.146 e. The number of hydrogen-bond acceptors (Lipinski definition) is 3. The van der Waals surface area contributed by atoms with Crippen molar-refractivity contribution in [1.82, 2.24) is 10.2 Å². The van der Waals surface area contributed by atoms with Gasteiger partial charge in [-0.3, -0.25) is 4.90 Å². The topological polar surface area (TPSA) is 18.5 Å². The fourth-order valence-corrected chi connectivity index (χ4v) is 3.98. The lowest BCUT2D eigenvalue weighted by Gasteiger charge is -2.35. The maximum absolute atomic E-state index is 14.2. The Morgan fingerprint density at radius 2 is 1.82 bits per heavy atom. The Balaban J connectivity index is 1.71. The van der Waals surface area contributed by atoms with E-state index in [1.54, 1.807) is 6.07 Å². The van der Waals surface area contributed by atoms with E-state index in [0.717, 1.165) is 63.3 Å². The summed E-state index contributed by atoms with van der Waals surface area (Å²) in [4.78, 5) is 4.68. The second-order valence-corrected chi connectivity index (χ2v) is 7.16. The van der Waals surface area contributed by atoms with Crippen LogP contribution in [0.2, 0.25) is 0 Å². The van der Waals surface area contributed by atoms with Gasteiger partial charge in [-0.1, -0.05) is 19.9 Å². The number of halogens is 1. The number of benzene rings is 1. The first kappa shape index (κ1) is 15.8. The zero-order chi connectivity index (χ0) is 15.5. The highest BCUT2D eigenvalue weighted by Crippen LogP contribution is 2.25. The first-order valence-corrected chi connectivity index (χ1v) is 8.58. The summed E-state index contributed by atoms with van der Waals surface area (Å²) in [7, 11) is 0. The van der Waals surface area contributed by atoms with Gasteiger partial charge in [0.15, 0.2) is 0 Å². The number of piperazine rings is 1. The minimum Gasteiger partial charge on any atom is -0.367 e. The highest BCUT2D eigenvalue weighted by Gasteiger charge is 2.22. The molecule has 22 heavy (non-hydrogen) atoms. The summed E-state index contributed by atoms with van der Waals surface area (Å²) in [6.07, 6.45) is 1.33. The van der Waals surface area contributed by atoms with Crippen molar-refractivity contribution in [3.63, 3.8) is 0 Å². The number of hydrogen-bond donors (Lipinski definition) is 1. The number of nitrogens with one attached hydrogen (secondary N) is 1. The van der Waals surface area contributed by atoms with Crippen LogP contribution >= 0.6 is 0 Å². The Hall–Kier alpha value is -1.13. The van der Waals surface area contributed by atoms with Gasteiger partial charge in [0.1, 0.15) is 5.82 Å². The van der Waals surface area contributed by atoms with Gasteiger partial charge in [-0.15, -0.1) is 0 Å². The molecule has 0 aliphatic carbocycles. The highest BCUT2D eigenvalue weighted by molar-refractivity contribution is 5.50. The minimum atomic E-state index is -0.0916. The number of rotatable bonds is 3. The van der Waals surface area contributed by atoms with Crippen LogP contribution in [0, 0.1) is 17.7 Å². The molecule has 2 saturated heterocycles. The van der Waals surface area contributed by atoms with Crippen LogP contribution in [0.25, 0.3) is 0 Å². The van der Waals surface area contributed by atoms with Crippen LogP contribution in [0.15, 0.2) is 18.2 Å². The van der Waals surface area contributed by atoms with Crippen molar-refractivity contribution in [2.75, 3.05) is 44.2 Å². The van der Waals surface area contributed by atoms with Crippen molar-refractivity contribution in [3.05, 3.63) is 29.6 Å². The van der Waals surface area contributed by atoms with Crippen LogP contribution < -0.4 is 10.2 Å². The fourth-order valence-electron chi connectivity index (χ4n) is 3.98. The van der Waals surface area contributed by atoms with Gasteiger partial charge in [0.05, 0.1) is 5.69 Å². The molecule has 2 heterocycles. The standard InChI is InChI=1S/C18H28FN3/c1-14-9-15(2)12-21(11-14)13-16-3-4-17(19)18(10-16)22-7-5-20-6-8-22/h3-4,10,14-15,20H,5-9,11-13H2,1-2H3. The fraction of sp³-hybridized carbons (Fsp3) is 0.667. The molecule has 0 aromatic heterocycles. The largest absolute Gasteiger partial charge is 0.367 e. The molecule has 3 rings (SSSR count). The molecule has 122 valence electrons. The van der Waals surface area contributed by atoms with Gasteiger partial charge in [0, 0.05) is 45.8 Å². The van der Waals surface area contributed by atoms with Gasteiger partial charge in [-0.2, -0.15) is 0 Å². The van der Waals surface area contributed by atoms with Crippen molar-refractivity contribution in [1.29, 1.82) is 0 Å². The second-order valence-electron chi connectivity index (χ2n) is 7.16. The zero-order valence-corrected chi connectivity index (χ0v) is 13.8. The Kier molecular flexibility index (Phi) is 4.99. The Morgan fingerprint density at radius 3 is 2.50 bits per heavy atom. The van der Waals surface area contributed by atoms with E-state index < -0.39 is 0 Å². The molecule has 3 nitrogen and oxygen atoms in total. The molecule has 0 bridgehead atoms. The molecule has 0 radical (unpaired) electrons. The third kappa shape index (κ3) is 3.79. The molecule has 0 saturated carbocycles. The molecule has 2 aliphatic heterocycles. The molecule has 0 amide bonds. The van der Waals surface area contributed by atoms with Gasteiger partial charge in [-0.25, -0.2) is 4.39 Å². The molecular weight excluding hydrogens is 277 g/mol. The molecule has 1 aromatic carbocycles. The van der Waals surface area contributed by atoms with Crippen molar-refractivity contribution < 1.29 is 4.39 Å². The Morgan fingerprint density at radius 1 is 1.14 bits per heavy atom. The van der Waals surface area contributed by atoms with Gasteiger partial charge < -0.3 is 10.2 Å². The monoisotopic (exact) mass is 305 g/mol. The predicted octanol–water partition coefficient (Wildman–Crippen LogP) is 2.71. The first-order chi connectivity index (χ1) is 10.6. The van der Waals surface area contributed by atoms with E-state index in [2.05, 4.69) is 35.0 Å². The van der Waals surface area contributed by atoms with Gasteiger partial charge in [0.25, 0.3) is 0 Å². The van der Waals surface area contributed by atoms with E-state index in [-0.39, 0.29) is 5.82 Å². The SMILES string of the molecule is CC1CC(C)CN(Cc2ccc(F)c(N3CCNCC3)c2)C1. The maximum Gasteiger partial charge on any atom is 0.146 e. The Labute approximate surface area is 133 Å². The van der Waals surface area contributed by atoms with E-state index >= 15 is 0 Å². The molecule has 2 unspecified atom stereocenters. The lowest BCUT2D eigenvalue weighted by atomic mass is 9.91. The average molecular weight is 305 g/mol. The summed E-state index contributed by atoms with van der Waals surface area (Å²) in [5.41, 5.74) is 2.01. The number of anilines is 1. The molecule has 1 aromatic rings. The second kappa shape index (κ2) is 6.97. The summed E-state index contributed by atoms with van der Waals surface area (Å²) in [6, 6.07) is 5.65. The van der Waals surface area contributed by atoms with Gasteiger partial charge >= 0.3 is 0 Å². The quantitative estimate of drug-likeness (QED) is 0.926. The van der Waals surface area contributed by atoms with Crippen molar-refractivity contribution >= 4 is 5.69 Å². The minimum absolute atomic E-state index is 0.0916. The summed E-state index contributed by atoms with van der Waals surface area (Å²) in [5, 5.41) is 3.32. The summed E-state index contributed by atoms with van der Waals surface area (Å²) in [5.74, 6) is 1.43. The molecule has 2 fully saturated rings. The van der Waals surface area contributed by atoms with Crippen molar-refractivity contribution in [2.24, 2.45) is 11.8 Å². The van der Waals surface area contributed by atoms with Crippen molar-refractivity contribution in [2.45, 2.75) is 26.8 Å². The van der Waals surface area contributed by atoms with E-state index in [9.17, 15) is 4.39 Å². The van der Waals surface area contributed by atoms with Gasteiger partial charge in [-0.05, 0) is 36.0 Å². The number of nitrogens with zero attached hydrogens (tertiary/aromatic N) is 2. The normalized spacial score (nSPS) is 27.1. The molecule has 2 atom stereocenters. The van der Waals surface area contributed by atoms with E-state index in [1.807, 2.05) is 6.07 Å². The molecule has 4 heteroatoms. The summed E-state index contributed by atoms with van der Waals surface area (Å²) >= 11 is 0. The zero-order valence-electron chi connectivity index (χ0n) is 13.8. The van der Waals surface area contributed by atoms with E-state index in [4.69, 9.17) is 0 Å². The molecular formula is C18H28FN3.